The van der Waals surface area contributed by atoms with Crippen molar-refractivity contribution in [1.82, 2.24) is 0 Å². The summed E-state index contributed by atoms with van der Waals surface area (Å²) in [6.07, 6.45) is 0. The molecule has 0 saturated carbocycles. The lowest BCUT2D eigenvalue weighted by Crippen LogP contribution is -2.12. The van der Waals surface area contributed by atoms with Crippen LogP contribution in [0.2, 0.25) is 10.0 Å². The van der Waals surface area contributed by atoms with Gasteiger partial charge in [0, 0.05) is 11.5 Å². The molecule has 12 heteroatoms. The van der Waals surface area contributed by atoms with Crippen molar-refractivity contribution in [2.75, 3.05) is 11.9 Å². The lowest BCUT2D eigenvalue weighted by Gasteiger charge is -2.13. The number of hydrogen-bond donors (Lipinski definition) is 3. The minimum atomic E-state index is -4.48. The van der Waals surface area contributed by atoms with Crippen LogP contribution in [0.15, 0.2) is 75.8 Å². The van der Waals surface area contributed by atoms with Crippen LogP contribution < -0.4 is 10.1 Å². The predicted octanol–water partition coefficient (Wildman–Crippen LogP) is 7.47. The molecule has 0 spiro atoms. The summed E-state index contributed by atoms with van der Waals surface area (Å²) in [4.78, 5) is 12.8. The van der Waals surface area contributed by atoms with Gasteiger partial charge in [0.2, 0.25) is 0 Å². The van der Waals surface area contributed by atoms with Crippen molar-refractivity contribution < 1.29 is 27.6 Å². The summed E-state index contributed by atoms with van der Waals surface area (Å²) in [7, 11) is -4.48. The van der Waals surface area contributed by atoms with E-state index < -0.39 is 26.7 Å². The van der Waals surface area contributed by atoms with Gasteiger partial charge in [-0.2, -0.15) is 8.42 Å². The number of phenols is 1. The molecule has 38 heavy (non-hydrogen) atoms. The van der Waals surface area contributed by atoms with Crippen molar-refractivity contribution in [2.24, 2.45) is 10.2 Å². The Kier molecular flexibility index (Phi) is 7.89. The molecule has 3 N–H and O–H groups in total. The van der Waals surface area contributed by atoms with E-state index in [0.29, 0.717) is 34.4 Å². The molecule has 4 aromatic carbocycles. The van der Waals surface area contributed by atoms with Gasteiger partial charge in [0.25, 0.3) is 16.0 Å². The molecule has 0 saturated heterocycles. The van der Waals surface area contributed by atoms with Crippen LogP contribution in [0.25, 0.3) is 10.8 Å². The van der Waals surface area contributed by atoms with Crippen molar-refractivity contribution in [2.45, 2.75) is 18.7 Å². The predicted molar refractivity (Wildman–Crippen MR) is 146 cm³/mol. The third-order valence-electron chi connectivity index (χ3n) is 5.51. The lowest BCUT2D eigenvalue weighted by molar-refractivity contribution is 0.102. The first-order valence-electron chi connectivity index (χ1n) is 11.2. The number of benzene rings is 4. The van der Waals surface area contributed by atoms with Gasteiger partial charge in [-0.3, -0.25) is 9.35 Å². The normalized spacial score (nSPS) is 11.7. The summed E-state index contributed by atoms with van der Waals surface area (Å²) < 4.78 is 37.7. The number of amides is 1. The number of carbonyl (C=O) groups excluding carboxylic acids is 1. The number of nitrogens with one attached hydrogen (secondary N) is 1. The monoisotopic (exact) mass is 573 g/mol. The maximum Gasteiger partial charge on any atom is 0.294 e. The third kappa shape index (κ3) is 5.73. The van der Waals surface area contributed by atoms with Crippen LogP contribution in [0.1, 0.15) is 22.8 Å². The van der Waals surface area contributed by atoms with E-state index in [2.05, 4.69) is 15.5 Å². The summed E-state index contributed by atoms with van der Waals surface area (Å²) in [6, 6.07) is 15.5. The van der Waals surface area contributed by atoms with Gasteiger partial charge in [-0.1, -0.05) is 47.5 Å². The van der Waals surface area contributed by atoms with Gasteiger partial charge in [0.05, 0.1) is 32.8 Å². The molecular weight excluding hydrogens is 553 g/mol. The van der Waals surface area contributed by atoms with E-state index in [9.17, 15) is 22.9 Å². The van der Waals surface area contributed by atoms with E-state index in [1.54, 1.807) is 42.5 Å². The quantitative estimate of drug-likeness (QED) is 0.155. The van der Waals surface area contributed by atoms with Crippen LogP contribution in [0.5, 0.6) is 11.5 Å². The molecule has 0 atom stereocenters. The molecule has 0 aromatic heterocycles. The van der Waals surface area contributed by atoms with Gasteiger partial charge in [-0.25, -0.2) is 0 Å². The SMILES string of the molecule is CCOc1ccc(Cl)c(NC(=O)c2cc3ccccc3c(N=Nc3c(C)cc(S(=O)(=O)O)cc3Cl)c2O)c1. The number of phenolic OH excluding ortho intramolecular Hbond substituents is 1. The summed E-state index contributed by atoms with van der Waals surface area (Å²) in [5.74, 6) is -0.575. The molecule has 196 valence electrons. The van der Waals surface area contributed by atoms with Gasteiger partial charge in [-0.15, -0.1) is 10.2 Å². The largest absolute Gasteiger partial charge is 0.505 e. The zero-order valence-electron chi connectivity index (χ0n) is 20.1. The van der Waals surface area contributed by atoms with Crippen molar-refractivity contribution in [3.8, 4) is 11.5 Å². The standard InChI is InChI=1S/C26H21Cl2N3O6S/c1-3-37-16-8-9-20(27)22(12-16)29-26(33)19-11-15-6-4-5-7-18(15)24(25(19)32)31-30-23-14(2)10-17(13-21(23)28)38(34,35)36/h4-13,32H,3H2,1-2H3,(H,29,33)(H,34,35,36). The molecule has 4 aromatic rings. The zero-order chi connectivity index (χ0) is 27.6. The number of hydrogen-bond acceptors (Lipinski definition) is 7. The molecular formula is C26H21Cl2N3O6S. The van der Waals surface area contributed by atoms with Gasteiger partial charge in [-0.05, 0) is 55.1 Å². The van der Waals surface area contributed by atoms with Gasteiger partial charge >= 0.3 is 0 Å². The highest BCUT2D eigenvalue weighted by molar-refractivity contribution is 7.85. The van der Waals surface area contributed by atoms with Crippen molar-refractivity contribution in [3.63, 3.8) is 0 Å². The second-order valence-electron chi connectivity index (χ2n) is 8.12. The lowest BCUT2D eigenvalue weighted by atomic mass is 10.0. The molecule has 4 rings (SSSR count). The Morgan fingerprint density at radius 1 is 1.00 bits per heavy atom. The van der Waals surface area contributed by atoms with E-state index in [0.717, 1.165) is 6.07 Å². The highest BCUT2D eigenvalue weighted by atomic mass is 35.5. The molecule has 9 nitrogen and oxygen atoms in total. The van der Waals surface area contributed by atoms with Crippen LogP contribution in [-0.2, 0) is 10.1 Å². The van der Waals surface area contributed by atoms with E-state index in [1.165, 1.54) is 19.1 Å². The fraction of sp³-hybridized carbons (Fsp3) is 0.115. The smallest absolute Gasteiger partial charge is 0.294 e. The fourth-order valence-electron chi connectivity index (χ4n) is 3.72. The number of aromatic hydroxyl groups is 1. The Bertz CT molecular complexity index is 1680. The summed E-state index contributed by atoms with van der Waals surface area (Å²) in [6.45, 7) is 3.79. The Morgan fingerprint density at radius 3 is 2.39 bits per heavy atom. The van der Waals surface area contributed by atoms with E-state index in [4.69, 9.17) is 27.9 Å². The molecule has 0 fully saturated rings. The summed E-state index contributed by atoms with van der Waals surface area (Å²) in [5.41, 5.74) is 0.642. The molecule has 0 heterocycles. The number of rotatable bonds is 7. The molecule has 0 aliphatic carbocycles. The van der Waals surface area contributed by atoms with Crippen molar-refractivity contribution in [3.05, 3.63) is 81.8 Å². The van der Waals surface area contributed by atoms with Crippen LogP contribution in [0.3, 0.4) is 0 Å². The molecule has 1 amide bonds. The zero-order valence-corrected chi connectivity index (χ0v) is 22.4. The average molecular weight is 574 g/mol. The molecule has 0 aliphatic heterocycles. The molecule has 0 bridgehead atoms. The Morgan fingerprint density at radius 2 is 1.71 bits per heavy atom. The number of carbonyl (C=O) groups is 1. The number of ether oxygens (including phenoxy) is 1. The highest BCUT2D eigenvalue weighted by Crippen LogP contribution is 2.41. The Balaban J connectivity index is 1.78. The second kappa shape index (κ2) is 11.0. The minimum absolute atomic E-state index is 0.00302. The molecule has 0 radical (unpaired) electrons. The third-order valence-corrected chi connectivity index (χ3v) is 6.96. The number of fused-ring (bicyclic) bond motifs is 1. The van der Waals surface area contributed by atoms with Crippen molar-refractivity contribution in [1.29, 1.82) is 0 Å². The van der Waals surface area contributed by atoms with Crippen LogP contribution in [0, 0.1) is 6.92 Å². The van der Waals surface area contributed by atoms with E-state index in [1.807, 2.05) is 6.92 Å². The van der Waals surface area contributed by atoms with Crippen LogP contribution in [-0.4, -0.2) is 30.6 Å². The average Bonchev–Trinajstić information content (AvgIpc) is 2.85. The summed E-state index contributed by atoms with van der Waals surface area (Å²) >= 11 is 12.5. The number of halogens is 2. The number of aryl methyl sites for hydroxylation is 1. The topological polar surface area (TPSA) is 138 Å². The van der Waals surface area contributed by atoms with Crippen LogP contribution in [0.4, 0.5) is 17.1 Å². The van der Waals surface area contributed by atoms with Gasteiger partial charge in [0.1, 0.15) is 17.1 Å². The maximum atomic E-state index is 13.2. The molecule has 0 aliphatic rings. The fourth-order valence-corrected chi connectivity index (χ4v) is 4.85. The van der Waals surface area contributed by atoms with Gasteiger partial charge < -0.3 is 15.2 Å². The maximum absolute atomic E-state index is 13.2. The number of azo groups is 1. The number of anilines is 1. The number of nitrogens with zero attached hydrogens (tertiary/aromatic N) is 2. The highest BCUT2D eigenvalue weighted by Gasteiger charge is 2.20. The van der Waals surface area contributed by atoms with E-state index in [-0.39, 0.29) is 27.0 Å². The van der Waals surface area contributed by atoms with Gasteiger partial charge in [0.15, 0.2) is 5.75 Å². The first-order valence-corrected chi connectivity index (χ1v) is 13.4. The molecule has 0 unspecified atom stereocenters. The van der Waals surface area contributed by atoms with E-state index >= 15 is 0 Å². The van der Waals surface area contributed by atoms with Crippen molar-refractivity contribution >= 4 is 67.1 Å². The first-order chi connectivity index (χ1) is 18.0. The second-order valence-corrected chi connectivity index (χ2v) is 10.4. The minimum Gasteiger partial charge on any atom is -0.505 e. The van der Waals surface area contributed by atoms with Crippen LogP contribution >= 0.6 is 23.2 Å². The Hall–Kier alpha value is -3.70. The first kappa shape index (κ1) is 27.3. The Labute approximate surface area is 228 Å². The summed E-state index contributed by atoms with van der Waals surface area (Å²) in [5, 5.41) is 23.4.